The number of anilines is 2. The van der Waals surface area contributed by atoms with Crippen LogP contribution in [0.5, 0.6) is 0 Å². The van der Waals surface area contributed by atoms with Crippen LogP contribution in [-0.2, 0) is 11.3 Å². The van der Waals surface area contributed by atoms with Gasteiger partial charge in [-0.05, 0) is 49.7 Å². The molecular weight excluding hydrogens is 415 g/mol. The molecule has 1 aliphatic rings. The zero-order chi connectivity index (χ0) is 21.4. The molecule has 1 aromatic carbocycles. The summed E-state index contributed by atoms with van der Waals surface area (Å²) in [5.74, 6) is -0.216. The molecule has 0 aliphatic carbocycles. The van der Waals surface area contributed by atoms with Gasteiger partial charge in [0.15, 0.2) is 0 Å². The van der Waals surface area contributed by atoms with Crippen LogP contribution in [0.2, 0.25) is 0 Å². The van der Waals surface area contributed by atoms with Crippen LogP contribution in [0.1, 0.15) is 28.7 Å². The summed E-state index contributed by atoms with van der Waals surface area (Å²) >= 11 is 1.45. The molecule has 5 rings (SSSR count). The Morgan fingerprint density at radius 1 is 1.29 bits per heavy atom. The molecule has 4 aromatic rings. The molecule has 0 saturated carbocycles. The Morgan fingerprint density at radius 2 is 2.19 bits per heavy atom. The normalized spacial score (nSPS) is 17.3. The number of rotatable bonds is 5. The largest absolute Gasteiger partial charge is 0.369 e. The van der Waals surface area contributed by atoms with Gasteiger partial charge in [-0.15, -0.1) is 10.2 Å². The molecule has 1 saturated heterocycles. The molecular formula is C22H23FN6OS. The summed E-state index contributed by atoms with van der Waals surface area (Å²) in [6, 6.07) is 8.89. The van der Waals surface area contributed by atoms with Gasteiger partial charge in [0.25, 0.3) is 0 Å². The number of nitrogens with one attached hydrogen (secondary N) is 2. The minimum atomic E-state index is -0.216. The number of benzene rings is 1. The van der Waals surface area contributed by atoms with Crippen molar-refractivity contribution in [3.05, 3.63) is 64.3 Å². The number of fused-ring (bicyclic) bond motifs is 1. The van der Waals surface area contributed by atoms with Crippen LogP contribution >= 0.6 is 11.3 Å². The molecule has 3 aromatic heterocycles. The van der Waals surface area contributed by atoms with Gasteiger partial charge in [-0.2, -0.15) is 0 Å². The lowest BCUT2D eigenvalue weighted by Crippen LogP contribution is -2.38. The first-order valence-corrected chi connectivity index (χ1v) is 11.1. The third-order valence-corrected chi connectivity index (χ3v) is 6.13. The molecule has 0 bridgehead atoms. The van der Waals surface area contributed by atoms with Crippen molar-refractivity contribution in [3.63, 3.8) is 0 Å². The van der Waals surface area contributed by atoms with Gasteiger partial charge in [0.05, 0.1) is 12.3 Å². The van der Waals surface area contributed by atoms with Crippen molar-refractivity contribution in [3.8, 4) is 0 Å². The Morgan fingerprint density at radius 3 is 3.03 bits per heavy atom. The van der Waals surface area contributed by atoms with Crippen LogP contribution in [0.15, 0.2) is 35.8 Å². The Bertz CT molecular complexity index is 1210. The van der Waals surface area contributed by atoms with Crippen molar-refractivity contribution >= 4 is 33.1 Å². The highest BCUT2D eigenvalue weighted by atomic mass is 32.1. The number of aromatic amines is 1. The molecule has 4 heterocycles. The van der Waals surface area contributed by atoms with Crippen molar-refractivity contribution in [1.29, 1.82) is 0 Å². The van der Waals surface area contributed by atoms with Crippen LogP contribution < -0.4 is 5.32 Å². The summed E-state index contributed by atoms with van der Waals surface area (Å²) in [7, 11) is 0. The molecule has 1 atom stereocenters. The van der Waals surface area contributed by atoms with Crippen LogP contribution in [0.3, 0.4) is 0 Å². The van der Waals surface area contributed by atoms with Crippen molar-refractivity contribution in [2.75, 3.05) is 25.0 Å². The van der Waals surface area contributed by atoms with Gasteiger partial charge in [-0.3, -0.25) is 9.88 Å². The lowest BCUT2D eigenvalue weighted by atomic mass is 10.1. The van der Waals surface area contributed by atoms with Crippen LogP contribution in [0.4, 0.5) is 15.2 Å². The van der Waals surface area contributed by atoms with Crippen LogP contribution in [0.25, 0.3) is 10.9 Å². The first-order valence-electron chi connectivity index (χ1n) is 10.2. The highest BCUT2D eigenvalue weighted by molar-refractivity contribution is 7.13. The molecule has 7 nitrogen and oxygen atoms in total. The Kier molecular flexibility index (Phi) is 5.39. The first kappa shape index (κ1) is 20.0. The van der Waals surface area contributed by atoms with Gasteiger partial charge >= 0.3 is 0 Å². The van der Waals surface area contributed by atoms with Gasteiger partial charge in [-0.1, -0.05) is 11.3 Å². The maximum atomic E-state index is 13.8. The minimum Gasteiger partial charge on any atom is -0.369 e. The van der Waals surface area contributed by atoms with Crippen LogP contribution in [0, 0.1) is 19.7 Å². The predicted molar refractivity (Wildman–Crippen MR) is 119 cm³/mol. The van der Waals surface area contributed by atoms with E-state index < -0.39 is 0 Å². The fourth-order valence-electron chi connectivity index (χ4n) is 4.09. The number of aromatic nitrogens is 4. The van der Waals surface area contributed by atoms with Gasteiger partial charge in [0, 0.05) is 47.6 Å². The van der Waals surface area contributed by atoms with Gasteiger partial charge in [0.1, 0.15) is 17.4 Å². The number of halogens is 1. The standard InChI is InChI=1S/C22H23FN6OS/c1-13-7-16(27-22-28-24-12-31-22)9-20(25-13)21-11-29(5-6-30-21)10-18-14(2)26-19-4-3-15(23)8-17(18)19/h3-4,7-9,12,21,26H,5-6,10-11H2,1-2H3,(H,25,27,28). The van der Waals surface area contributed by atoms with E-state index in [0.29, 0.717) is 6.61 Å². The summed E-state index contributed by atoms with van der Waals surface area (Å²) in [5.41, 5.74) is 7.57. The first-order chi connectivity index (χ1) is 15.0. The van der Waals surface area contributed by atoms with Gasteiger partial charge < -0.3 is 15.0 Å². The Hall–Kier alpha value is -2.88. The molecule has 160 valence electrons. The second-order valence-electron chi connectivity index (χ2n) is 7.80. The van der Waals surface area contributed by atoms with E-state index in [1.165, 1.54) is 17.4 Å². The number of morpholine rings is 1. The minimum absolute atomic E-state index is 0.133. The number of aryl methyl sites for hydroxylation is 2. The van der Waals surface area contributed by atoms with E-state index in [1.807, 2.05) is 26.0 Å². The zero-order valence-electron chi connectivity index (χ0n) is 17.4. The van der Waals surface area contributed by atoms with E-state index in [1.54, 1.807) is 17.6 Å². The molecule has 31 heavy (non-hydrogen) atoms. The number of H-pyrrole nitrogens is 1. The highest BCUT2D eigenvalue weighted by Crippen LogP contribution is 2.29. The predicted octanol–water partition coefficient (Wildman–Crippen LogP) is 4.49. The van der Waals surface area contributed by atoms with Gasteiger partial charge in [-0.25, -0.2) is 4.39 Å². The summed E-state index contributed by atoms with van der Waals surface area (Å²) in [6.45, 7) is 6.90. The second-order valence-corrected chi connectivity index (χ2v) is 8.64. The summed E-state index contributed by atoms with van der Waals surface area (Å²) in [5, 5.41) is 12.9. The maximum Gasteiger partial charge on any atom is 0.209 e. The molecule has 1 fully saturated rings. The summed E-state index contributed by atoms with van der Waals surface area (Å²) in [4.78, 5) is 10.4. The lowest BCUT2D eigenvalue weighted by Gasteiger charge is -2.33. The SMILES string of the molecule is Cc1cc(Nc2nncs2)cc(C2CN(Cc3c(C)[nH]c4ccc(F)cc34)CCO2)n1. The number of hydrogen-bond acceptors (Lipinski definition) is 7. The molecule has 1 aliphatic heterocycles. The van der Waals surface area contributed by atoms with Crippen molar-refractivity contribution in [2.24, 2.45) is 0 Å². The van der Waals surface area contributed by atoms with E-state index in [9.17, 15) is 4.39 Å². The van der Waals surface area contributed by atoms with E-state index in [4.69, 9.17) is 9.72 Å². The van der Waals surface area contributed by atoms with Crippen molar-refractivity contribution in [2.45, 2.75) is 26.5 Å². The maximum absolute atomic E-state index is 13.8. The molecule has 0 radical (unpaired) electrons. The van der Waals surface area contributed by atoms with Gasteiger partial charge in [0.2, 0.25) is 5.13 Å². The number of nitrogens with zero attached hydrogens (tertiary/aromatic N) is 4. The highest BCUT2D eigenvalue weighted by Gasteiger charge is 2.25. The van der Waals surface area contributed by atoms with Crippen LogP contribution in [-0.4, -0.2) is 44.8 Å². The quantitative estimate of drug-likeness (QED) is 0.478. The molecule has 9 heteroatoms. The van der Waals surface area contributed by atoms with E-state index in [2.05, 4.69) is 25.4 Å². The third-order valence-electron chi connectivity index (χ3n) is 5.53. The van der Waals surface area contributed by atoms with E-state index in [-0.39, 0.29) is 11.9 Å². The molecule has 2 N–H and O–H groups in total. The fraction of sp³-hybridized carbons (Fsp3) is 0.318. The monoisotopic (exact) mass is 438 g/mol. The zero-order valence-corrected chi connectivity index (χ0v) is 18.2. The lowest BCUT2D eigenvalue weighted by molar-refractivity contribution is -0.0349. The van der Waals surface area contributed by atoms with E-state index in [0.717, 1.165) is 64.0 Å². The summed E-state index contributed by atoms with van der Waals surface area (Å²) < 4.78 is 19.9. The smallest absolute Gasteiger partial charge is 0.209 e. The average molecular weight is 439 g/mol. The number of hydrogen-bond donors (Lipinski definition) is 2. The fourth-order valence-corrected chi connectivity index (χ4v) is 4.55. The third kappa shape index (κ3) is 4.30. The van der Waals surface area contributed by atoms with Crippen molar-refractivity contribution < 1.29 is 9.13 Å². The molecule has 0 spiro atoms. The molecule has 0 amide bonds. The Labute approximate surface area is 183 Å². The summed E-state index contributed by atoms with van der Waals surface area (Å²) in [6.07, 6.45) is -0.133. The molecule has 1 unspecified atom stereocenters. The average Bonchev–Trinajstić information content (AvgIpc) is 3.36. The van der Waals surface area contributed by atoms with E-state index >= 15 is 0 Å². The second kappa shape index (κ2) is 8.33. The topological polar surface area (TPSA) is 79.0 Å². The van der Waals surface area contributed by atoms with Crippen molar-refractivity contribution in [1.82, 2.24) is 25.1 Å². The number of ether oxygens (including phenoxy) is 1. The number of pyridine rings is 1. The Balaban J connectivity index is 1.36.